The van der Waals surface area contributed by atoms with E-state index in [2.05, 4.69) is 26.1 Å². The lowest BCUT2D eigenvalue weighted by Gasteiger charge is -2.21. The molecule has 1 amide bonds. The summed E-state index contributed by atoms with van der Waals surface area (Å²) in [5.41, 5.74) is 0.629. The molecule has 1 aliphatic rings. The smallest absolute Gasteiger partial charge is 0.251 e. The first-order valence-electron chi connectivity index (χ1n) is 6.54. The second-order valence-corrected chi connectivity index (χ2v) is 6.27. The number of nitrogens with one attached hydrogen (secondary N) is 1. The molecule has 1 aliphatic heterocycles. The van der Waals surface area contributed by atoms with Crippen LogP contribution in [-0.2, 0) is 0 Å². The molecule has 0 saturated carbocycles. The molecule has 1 saturated heterocycles. The van der Waals surface area contributed by atoms with Gasteiger partial charge in [-0.15, -0.1) is 0 Å². The van der Waals surface area contributed by atoms with Crippen molar-refractivity contribution in [2.24, 2.45) is 0 Å². The van der Waals surface area contributed by atoms with Crippen LogP contribution in [0.3, 0.4) is 0 Å². The molecule has 0 bridgehead atoms. The Balaban J connectivity index is 1.90. The average molecular weight is 346 g/mol. The highest BCUT2D eigenvalue weighted by Gasteiger charge is 2.16. The molecule has 0 spiro atoms. The predicted molar refractivity (Wildman–Crippen MR) is 81.8 cm³/mol. The van der Waals surface area contributed by atoms with Gasteiger partial charge in [-0.25, -0.2) is 0 Å². The second kappa shape index (κ2) is 6.73. The highest BCUT2D eigenvalue weighted by Crippen LogP contribution is 2.23. The quantitative estimate of drug-likeness (QED) is 0.908. The van der Waals surface area contributed by atoms with E-state index in [0.29, 0.717) is 10.6 Å². The maximum Gasteiger partial charge on any atom is 0.251 e. The Morgan fingerprint density at radius 3 is 2.79 bits per heavy atom. The van der Waals surface area contributed by atoms with Crippen LogP contribution in [0.25, 0.3) is 0 Å². The molecule has 1 heterocycles. The minimum atomic E-state index is -0.0518. The van der Waals surface area contributed by atoms with Gasteiger partial charge in [-0.1, -0.05) is 11.6 Å². The van der Waals surface area contributed by atoms with Gasteiger partial charge in [0.2, 0.25) is 0 Å². The lowest BCUT2D eigenvalue weighted by molar-refractivity contribution is 0.0932. The third-order valence-electron chi connectivity index (χ3n) is 3.29. The Kier molecular flexibility index (Phi) is 5.25. The van der Waals surface area contributed by atoms with E-state index in [9.17, 15) is 4.79 Å². The van der Waals surface area contributed by atoms with E-state index >= 15 is 0 Å². The number of rotatable bonds is 4. The van der Waals surface area contributed by atoms with Crippen LogP contribution >= 0.6 is 27.5 Å². The van der Waals surface area contributed by atoms with Crippen LogP contribution < -0.4 is 5.32 Å². The van der Waals surface area contributed by atoms with Crippen LogP contribution in [0.2, 0.25) is 5.02 Å². The fourth-order valence-electron chi connectivity index (χ4n) is 2.34. The molecule has 19 heavy (non-hydrogen) atoms. The summed E-state index contributed by atoms with van der Waals surface area (Å²) >= 11 is 9.25. The van der Waals surface area contributed by atoms with Gasteiger partial charge in [-0.2, -0.15) is 0 Å². The third-order valence-corrected chi connectivity index (χ3v) is 4.50. The lowest BCUT2D eigenvalue weighted by Crippen LogP contribution is -2.41. The molecule has 1 aromatic carbocycles. The molecule has 104 valence electrons. The van der Waals surface area contributed by atoms with E-state index in [0.717, 1.165) is 24.1 Å². The van der Waals surface area contributed by atoms with Crippen molar-refractivity contribution < 1.29 is 4.79 Å². The van der Waals surface area contributed by atoms with Gasteiger partial charge < -0.3 is 10.2 Å². The van der Waals surface area contributed by atoms with E-state index in [1.165, 1.54) is 12.8 Å². The van der Waals surface area contributed by atoms with Gasteiger partial charge in [0.1, 0.15) is 0 Å². The second-order valence-electron chi connectivity index (χ2n) is 5.01. The molecular weight excluding hydrogens is 328 g/mol. The Morgan fingerprint density at radius 1 is 1.47 bits per heavy atom. The molecule has 2 rings (SSSR count). The molecule has 0 aliphatic carbocycles. The zero-order valence-electron chi connectivity index (χ0n) is 11.0. The van der Waals surface area contributed by atoms with Crippen molar-refractivity contribution in [2.45, 2.75) is 25.8 Å². The van der Waals surface area contributed by atoms with E-state index in [4.69, 9.17) is 11.6 Å². The van der Waals surface area contributed by atoms with E-state index < -0.39 is 0 Å². The highest BCUT2D eigenvalue weighted by molar-refractivity contribution is 9.10. The van der Waals surface area contributed by atoms with Gasteiger partial charge in [0.15, 0.2) is 0 Å². The summed E-state index contributed by atoms with van der Waals surface area (Å²) in [7, 11) is 0. The number of halogens is 2. The standard InChI is InChI=1S/C14H18BrClN2O/c1-10(9-18-6-2-3-7-18)17-14(19)11-4-5-13(16)12(15)8-11/h4-5,8,10H,2-3,6-7,9H2,1H3,(H,17,19). The summed E-state index contributed by atoms with van der Waals surface area (Å²) in [6.07, 6.45) is 2.54. The molecule has 1 N–H and O–H groups in total. The normalized spacial score (nSPS) is 17.4. The van der Waals surface area contributed by atoms with Gasteiger partial charge in [0.05, 0.1) is 5.02 Å². The van der Waals surface area contributed by atoms with Crippen molar-refractivity contribution in [3.63, 3.8) is 0 Å². The van der Waals surface area contributed by atoms with E-state index in [1.807, 2.05) is 6.92 Å². The Hall–Kier alpha value is -0.580. The van der Waals surface area contributed by atoms with E-state index in [-0.39, 0.29) is 11.9 Å². The van der Waals surface area contributed by atoms with Crippen molar-refractivity contribution in [1.29, 1.82) is 0 Å². The number of hydrogen-bond acceptors (Lipinski definition) is 2. The highest BCUT2D eigenvalue weighted by atomic mass is 79.9. The molecular formula is C14H18BrClN2O. The first-order valence-corrected chi connectivity index (χ1v) is 7.71. The topological polar surface area (TPSA) is 32.3 Å². The van der Waals surface area contributed by atoms with Gasteiger partial charge in [-0.05, 0) is 67.0 Å². The monoisotopic (exact) mass is 344 g/mol. The van der Waals surface area contributed by atoms with Crippen LogP contribution in [0.5, 0.6) is 0 Å². The summed E-state index contributed by atoms with van der Waals surface area (Å²) in [4.78, 5) is 14.5. The summed E-state index contributed by atoms with van der Waals surface area (Å²) in [6.45, 7) is 5.25. The number of benzene rings is 1. The van der Waals surface area contributed by atoms with Crippen LogP contribution in [0.15, 0.2) is 22.7 Å². The van der Waals surface area contributed by atoms with Crippen LogP contribution in [0.4, 0.5) is 0 Å². The minimum absolute atomic E-state index is 0.0518. The summed E-state index contributed by atoms with van der Waals surface area (Å²) < 4.78 is 0.744. The van der Waals surface area contributed by atoms with Crippen LogP contribution in [0.1, 0.15) is 30.1 Å². The van der Waals surface area contributed by atoms with Crippen molar-refractivity contribution in [3.05, 3.63) is 33.3 Å². The largest absolute Gasteiger partial charge is 0.348 e. The molecule has 3 nitrogen and oxygen atoms in total. The van der Waals surface area contributed by atoms with E-state index in [1.54, 1.807) is 18.2 Å². The van der Waals surface area contributed by atoms with Gasteiger partial charge in [0, 0.05) is 22.6 Å². The number of amides is 1. The van der Waals surface area contributed by atoms with Crippen molar-refractivity contribution >= 4 is 33.4 Å². The van der Waals surface area contributed by atoms with Gasteiger partial charge >= 0.3 is 0 Å². The fourth-order valence-corrected chi connectivity index (χ4v) is 2.84. The number of nitrogens with zero attached hydrogens (tertiary/aromatic N) is 1. The maximum absolute atomic E-state index is 12.1. The maximum atomic E-state index is 12.1. The molecule has 1 atom stereocenters. The van der Waals surface area contributed by atoms with Crippen molar-refractivity contribution in [3.8, 4) is 0 Å². The molecule has 1 aromatic rings. The van der Waals surface area contributed by atoms with Gasteiger partial charge in [-0.3, -0.25) is 4.79 Å². The number of carbonyl (C=O) groups excluding carboxylic acids is 1. The van der Waals surface area contributed by atoms with Crippen LogP contribution in [0, 0.1) is 0 Å². The molecule has 0 radical (unpaired) electrons. The molecule has 0 aromatic heterocycles. The average Bonchev–Trinajstić information content (AvgIpc) is 2.85. The SMILES string of the molecule is CC(CN1CCCC1)NC(=O)c1ccc(Cl)c(Br)c1. The molecule has 1 fully saturated rings. The number of carbonyl (C=O) groups is 1. The van der Waals surface area contributed by atoms with Crippen LogP contribution in [-0.4, -0.2) is 36.5 Å². The number of likely N-dealkylation sites (tertiary alicyclic amines) is 1. The summed E-state index contributed by atoms with van der Waals surface area (Å²) in [5, 5.41) is 3.64. The van der Waals surface area contributed by atoms with Crippen molar-refractivity contribution in [2.75, 3.05) is 19.6 Å². The minimum Gasteiger partial charge on any atom is -0.348 e. The first-order chi connectivity index (χ1) is 9.06. The zero-order chi connectivity index (χ0) is 13.8. The van der Waals surface area contributed by atoms with Gasteiger partial charge in [0.25, 0.3) is 5.91 Å². The zero-order valence-corrected chi connectivity index (χ0v) is 13.3. The molecule has 5 heteroatoms. The van der Waals surface area contributed by atoms with Crippen molar-refractivity contribution in [1.82, 2.24) is 10.2 Å². The Bertz CT molecular complexity index is 461. The summed E-state index contributed by atoms with van der Waals surface area (Å²) in [6, 6.07) is 5.37. The Morgan fingerprint density at radius 2 is 2.16 bits per heavy atom. The number of hydrogen-bond donors (Lipinski definition) is 1. The molecule has 1 unspecified atom stereocenters. The first kappa shape index (κ1) is 14.8. The summed E-state index contributed by atoms with van der Waals surface area (Å²) in [5.74, 6) is -0.0518. The fraction of sp³-hybridized carbons (Fsp3) is 0.500. The predicted octanol–water partition coefficient (Wildman–Crippen LogP) is 3.32. The Labute approximate surface area is 127 Å². The third kappa shape index (κ3) is 4.20. The lowest BCUT2D eigenvalue weighted by atomic mass is 10.2.